The van der Waals surface area contributed by atoms with Crippen molar-refractivity contribution in [2.75, 3.05) is 37.6 Å². The maximum atomic E-state index is 12.9. The number of para-hydroxylation sites is 1. The van der Waals surface area contributed by atoms with Gasteiger partial charge < -0.3 is 19.5 Å². The second-order valence-electron chi connectivity index (χ2n) is 8.69. The van der Waals surface area contributed by atoms with Gasteiger partial charge in [-0.3, -0.25) is 9.59 Å². The summed E-state index contributed by atoms with van der Waals surface area (Å²) >= 11 is 1.59. The molecule has 0 bridgehead atoms. The molecule has 0 atom stereocenters. The van der Waals surface area contributed by atoms with Crippen molar-refractivity contribution in [2.24, 2.45) is 0 Å². The van der Waals surface area contributed by atoms with Gasteiger partial charge in [-0.1, -0.05) is 36.4 Å². The molecular weight excluding hydrogens is 470 g/mol. The summed E-state index contributed by atoms with van der Waals surface area (Å²) in [7, 11) is 0. The Morgan fingerprint density at radius 3 is 2.44 bits per heavy atom. The molecule has 1 fully saturated rings. The van der Waals surface area contributed by atoms with Crippen LogP contribution >= 0.6 is 11.8 Å². The van der Waals surface area contributed by atoms with Gasteiger partial charge in [-0.05, 0) is 36.4 Å². The number of benzene rings is 2. The van der Waals surface area contributed by atoms with E-state index >= 15 is 0 Å². The number of fused-ring (bicyclic) bond motifs is 1. The van der Waals surface area contributed by atoms with Crippen molar-refractivity contribution in [3.8, 4) is 0 Å². The van der Waals surface area contributed by atoms with Crippen LogP contribution in [-0.4, -0.2) is 58.8 Å². The fourth-order valence-electron chi connectivity index (χ4n) is 4.38. The highest BCUT2D eigenvalue weighted by atomic mass is 32.2. The highest BCUT2D eigenvalue weighted by molar-refractivity contribution is 7.98. The van der Waals surface area contributed by atoms with Gasteiger partial charge in [0.25, 0.3) is 5.91 Å². The Morgan fingerprint density at radius 2 is 1.64 bits per heavy atom. The third kappa shape index (κ3) is 5.71. The minimum atomic E-state index is -0.158. The first-order valence-corrected chi connectivity index (χ1v) is 13.2. The van der Waals surface area contributed by atoms with E-state index < -0.39 is 0 Å². The van der Waals surface area contributed by atoms with Crippen LogP contribution in [0.2, 0.25) is 0 Å². The molecule has 0 unspecified atom stereocenters. The predicted octanol–water partition coefficient (Wildman–Crippen LogP) is 4.10. The fraction of sp³-hybridized carbons (Fsp3) is 0.250. The van der Waals surface area contributed by atoms with E-state index in [1.54, 1.807) is 11.8 Å². The monoisotopic (exact) mass is 499 g/mol. The van der Waals surface area contributed by atoms with Crippen molar-refractivity contribution in [3.63, 3.8) is 0 Å². The van der Waals surface area contributed by atoms with Gasteiger partial charge in [0.1, 0.15) is 5.65 Å². The highest BCUT2D eigenvalue weighted by Gasteiger charge is 2.21. The Kier molecular flexibility index (Phi) is 7.52. The van der Waals surface area contributed by atoms with E-state index in [0.29, 0.717) is 37.4 Å². The SMILES string of the molecule is O=C(NCCC(=O)N1CCN(c2ccccc2)CC1)c1ccccc1SCc1cn2ccccc2n1. The van der Waals surface area contributed by atoms with E-state index in [0.717, 1.165) is 29.3 Å². The summed E-state index contributed by atoms with van der Waals surface area (Å²) in [5.74, 6) is 0.590. The van der Waals surface area contributed by atoms with Crippen LogP contribution in [0.3, 0.4) is 0 Å². The number of hydrogen-bond acceptors (Lipinski definition) is 5. The minimum absolute atomic E-state index is 0.0810. The number of anilines is 1. The number of carbonyl (C=O) groups is 2. The van der Waals surface area contributed by atoms with Gasteiger partial charge in [-0.15, -0.1) is 11.8 Å². The first-order chi connectivity index (χ1) is 17.7. The van der Waals surface area contributed by atoms with E-state index in [1.165, 1.54) is 5.69 Å². The number of hydrogen-bond donors (Lipinski definition) is 1. The van der Waals surface area contributed by atoms with Crippen LogP contribution < -0.4 is 10.2 Å². The van der Waals surface area contributed by atoms with Crippen LogP contribution in [0.25, 0.3) is 5.65 Å². The first-order valence-electron chi connectivity index (χ1n) is 12.2. The quantitative estimate of drug-likeness (QED) is 0.370. The Balaban J connectivity index is 1.10. The zero-order valence-electron chi connectivity index (χ0n) is 20.0. The molecule has 184 valence electrons. The van der Waals surface area contributed by atoms with E-state index in [2.05, 4.69) is 27.3 Å². The second-order valence-corrected chi connectivity index (χ2v) is 9.71. The van der Waals surface area contributed by atoms with Crippen LogP contribution in [0.15, 0.2) is 90.1 Å². The summed E-state index contributed by atoms with van der Waals surface area (Å²) in [4.78, 5) is 35.3. The fourth-order valence-corrected chi connectivity index (χ4v) is 5.31. The Hall–Kier alpha value is -3.78. The number of pyridine rings is 1. The average molecular weight is 500 g/mol. The molecule has 4 aromatic rings. The second kappa shape index (κ2) is 11.3. The lowest BCUT2D eigenvalue weighted by Crippen LogP contribution is -2.49. The molecule has 7 nitrogen and oxygen atoms in total. The van der Waals surface area contributed by atoms with Gasteiger partial charge in [0.05, 0.1) is 11.3 Å². The molecule has 1 saturated heterocycles. The van der Waals surface area contributed by atoms with E-state index in [9.17, 15) is 9.59 Å². The van der Waals surface area contributed by atoms with Crippen molar-refractivity contribution in [3.05, 3.63) is 96.4 Å². The van der Waals surface area contributed by atoms with Crippen molar-refractivity contribution in [1.82, 2.24) is 19.6 Å². The Bertz CT molecular complexity index is 1300. The molecule has 3 heterocycles. The summed E-state index contributed by atoms with van der Waals surface area (Å²) < 4.78 is 1.99. The lowest BCUT2D eigenvalue weighted by Gasteiger charge is -2.36. The number of amides is 2. The zero-order chi connectivity index (χ0) is 24.7. The third-order valence-electron chi connectivity index (χ3n) is 6.30. The Labute approximate surface area is 215 Å². The molecule has 1 aliphatic heterocycles. The number of nitrogens with one attached hydrogen (secondary N) is 1. The predicted molar refractivity (Wildman–Crippen MR) is 143 cm³/mol. The van der Waals surface area contributed by atoms with Crippen molar-refractivity contribution < 1.29 is 9.59 Å². The van der Waals surface area contributed by atoms with Gasteiger partial charge in [0.15, 0.2) is 0 Å². The summed E-state index contributed by atoms with van der Waals surface area (Å²) in [6, 6.07) is 23.8. The van der Waals surface area contributed by atoms with Crippen molar-refractivity contribution >= 4 is 34.9 Å². The number of carbonyl (C=O) groups excluding carboxylic acids is 2. The molecule has 0 radical (unpaired) electrons. The summed E-state index contributed by atoms with van der Waals surface area (Å²) in [5.41, 5.74) is 3.68. The van der Waals surface area contributed by atoms with Crippen molar-refractivity contribution in [2.45, 2.75) is 17.1 Å². The molecule has 8 heteroatoms. The summed E-state index contributed by atoms with van der Waals surface area (Å²) in [6.45, 7) is 3.36. The van der Waals surface area contributed by atoms with Crippen LogP contribution in [0.5, 0.6) is 0 Å². The average Bonchev–Trinajstić information content (AvgIpc) is 3.36. The molecule has 0 saturated carbocycles. The lowest BCUT2D eigenvalue weighted by atomic mass is 10.2. The molecule has 0 aliphatic carbocycles. The highest BCUT2D eigenvalue weighted by Crippen LogP contribution is 2.26. The van der Waals surface area contributed by atoms with Gasteiger partial charge in [0.2, 0.25) is 5.91 Å². The van der Waals surface area contributed by atoms with Crippen LogP contribution in [0.1, 0.15) is 22.5 Å². The summed E-state index contributed by atoms with van der Waals surface area (Å²) in [5, 5.41) is 2.93. The zero-order valence-corrected chi connectivity index (χ0v) is 20.9. The number of aromatic nitrogens is 2. The lowest BCUT2D eigenvalue weighted by molar-refractivity contribution is -0.131. The van der Waals surface area contributed by atoms with E-state index in [4.69, 9.17) is 0 Å². The van der Waals surface area contributed by atoms with Crippen LogP contribution in [0, 0.1) is 0 Å². The van der Waals surface area contributed by atoms with Gasteiger partial charge in [0, 0.05) is 67.9 Å². The normalized spacial score (nSPS) is 13.7. The Morgan fingerprint density at radius 1 is 0.889 bits per heavy atom. The van der Waals surface area contributed by atoms with E-state index in [-0.39, 0.29) is 11.8 Å². The molecule has 5 rings (SSSR count). The van der Waals surface area contributed by atoms with Gasteiger partial charge in [-0.25, -0.2) is 4.98 Å². The van der Waals surface area contributed by atoms with Crippen LogP contribution in [-0.2, 0) is 10.5 Å². The molecule has 36 heavy (non-hydrogen) atoms. The molecule has 2 aromatic heterocycles. The van der Waals surface area contributed by atoms with Crippen molar-refractivity contribution in [1.29, 1.82) is 0 Å². The molecule has 1 N–H and O–H groups in total. The summed E-state index contributed by atoms with van der Waals surface area (Å²) in [6.07, 6.45) is 4.28. The molecular formula is C28H29N5O2S. The van der Waals surface area contributed by atoms with Crippen LogP contribution in [0.4, 0.5) is 5.69 Å². The topological polar surface area (TPSA) is 70.0 Å². The number of imidazole rings is 1. The van der Waals surface area contributed by atoms with Gasteiger partial charge in [-0.2, -0.15) is 0 Å². The maximum Gasteiger partial charge on any atom is 0.252 e. The number of nitrogens with zero attached hydrogens (tertiary/aromatic N) is 4. The number of piperazine rings is 1. The third-order valence-corrected chi connectivity index (χ3v) is 7.41. The standard InChI is InChI=1S/C28H29N5O2S/c34-27(32-18-16-31(17-19-32)23-8-2-1-3-9-23)13-14-29-28(35)24-10-4-5-11-25(24)36-21-22-20-33-15-7-6-12-26(33)30-22/h1-12,15,20H,13-14,16-19,21H2,(H,29,35). The smallest absolute Gasteiger partial charge is 0.252 e. The first kappa shape index (κ1) is 23.9. The largest absolute Gasteiger partial charge is 0.368 e. The van der Waals surface area contributed by atoms with Gasteiger partial charge >= 0.3 is 0 Å². The molecule has 0 spiro atoms. The number of thioether (sulfide) groups is 1. The number of rotatable bonds is 8. The minimum Gasteiger partial charge on any atom is -0.368 e. The molecule has 1 aliphatic rings. The maximum absolute atomic E-state index is 12.9. The molecule has 2 amide bonds. The molecule has 2 aromatic carbocycles. The van der Waals surface area contributed by atoms with E-state index in [1.807, 2.05) is 82.4 Å².